The molecular formula is C15H17ClN2O2. The molecule has 0 bridgehead atoms. The summed E-state index contributed by atoms with van der Waals surface area (Å²) in [7, 11) is 1.59. The monoisotopic (exact) mass is 292 g/mol. The van der Waals surface area contributed by atoms with E-state index in [9.17, 15) is 5.11 Å². The number of anilines is 1. The summed E-state index contributed by atoms with van der Waals surface area (Å²) in [5.41, 5.74) is 3.23. The van der Waals surface area contributed by atoms with Crippen LogP contribution < -0.4 is 10.1 Å². The van der Waals surface area contributed by atoms with Crippen LogP contribution in [0.3, 0.4) is 0 Å². The first-order valence-corrected chi connectivity index (χ1v) is 6.62. The third kappa shape index (κ3) is 3.14. The molecule has 0 radical (unpaired) electrons. The number of aromatic hydroxyl groups is 1. The summed E-state index contributed by atoms with van der Waals surface area (Å²) in [5.74, 6) is 0.834. The van der Waals surface area contributed by atoms with Gasteiger partial charge in [0.2, 0.25) is 0 Å². The predicted molar refractivity (Wildman–Crippen MR) is 80.7 cm³/mol. The number of hydrogen-bond donors (Lipinski definition) is 2. The second-order valence-electron chi connectivity index (χ2n) is 4.57. The number of rotatable bonds is 4. The van der Waals surface area contributed by atoms with Crippen molar-refractivity contribution in [1.29, 1.82) is 0 Å². The topological polar surface area (TPSA) is 54.4 Å². The molecule has 0 aliphatic carbocycles. The number of benzene rings is 1. The lowest BCUT2D eigenvalue weighted by atomic mass is 10.2. The van der Waals surface area contributed by atoms with Gasteiger partial charge in [-0.05, 0) is 37.6 Å². The summed E-state index contributed by atoms with van der Waals surface area (Å²) in [6.07, 6.45) is 0. The number of nitrogens with one attached hydrogen (secondary N) is 1. The van der Waals surface area contributed by atoms with E-state index in [1.54, 1.807) is 25.3 Å². The molecule has 5 heteroatoms. The van der Waals surface area contributed by atoms with Crippen LogP contribution in [0.5, 0.6) is 11.5 Å². The van der Waals surface area contributed by atoms with E-state index in [0.717, 1.165) is 16.9 Å². The molecule has 0 unspecified atom stereocenters. The Balaban J connectivity index is 2.22. The smallest absolute Gasteiger partial charge is 0.143 e. The molecule has 0 saturated heterocycles. The number of hydrogen-bond acceptors (Lipinski definition) is 4. The molecule has 0 aliphatic heterocycles. The van der Waals surface area contributed by atoms with Gasteiger partial charge in [-0.3, -0.25) is 4.98 Å². The average Bonchev–Trinajstić information content (AvgIpc) is 2.43. The van der Waals surface area contributed by atoms with Crippen LogP contribution in [-0.2, 0) is 6.54 Å². The number of nitrogens with zero attached hydrogens (tertiary/aromatic N) is 1. The molecule has 4 nitrogen and oxygen atoms in total. The quantitative estimate of drug-likeness (QED) is 0.902. The van der Waals surface area contributed by atoms with Gasteiger partial charge in [-0.25, -0.2) is 0 Å². The zero-order valence-electron chi connectivity index (χ0n) is 11.7. The summed E-state index contributed by atoms with van der Waals surface area (Å²) >= 11 is 6.07. The van der Waals surface area contributed by atoms with E-state index in [4.69, 9.17) is 16.3 Å². The van der Waals surface area contributed by atoms with Crippen LogP contribution in [0.1, 0.15) is 17.0 Å². The third-order valence-corrected chi connectivity index (χ3v) is 3.42. The zero-order chi connectivity index (χ0) is 14.7. The third-order valence-electron chi connectivity index (χ3n) is 3.02. The van der Waals surface area contributed by atoms with Gasteiger partial charge in [0, 0.05) is 16.8 Å². The fraction of sp³-hybridized carbons (Fsp3) is 0.267. The van der Waals surface area contributed by atoms with E-state index in [-0.39, 0.29) is 5.75 Å². The molecule has 0 saturated carbocycles. The van der Waals surface area contributed by atoms with Crippen molar-refractivity contribution in [2.45, 2.75) is 20.4 Å². The maximum absolute atomic E-state index is 9.78. The molecule has 0 aliphatic rings. The Kier molecular flexibility index (Phi) is 4.35. The molecule has 2 rings (SSSR count). The molecule has 20 heavy (non-hydrogen) atoms. The van der Waals surface area contributed by atoms with Gasteiger partial charge in [-0.1, -0.05) is 11.6 Å². The van der Waals surface area contributed by atoms with E-state index in [0.29, 0.717) is 23.0 Å². The van der Waals surface area contributed by atoms with Gasteiger partial charge < -0.3 is 15.2 Å². The summed E-state index contributed by atoms with van der Waals surface area (Å²) in [6.45, 7) is 4.22. The van der Waals surface area contributed by atoms with Crippen LogP contribution >= 0.6 is 11.6 Å². The Morgan fingerprint density at radius 3 is 2.75 bits per heavy atom. The molecule has 1 heterocycles. The first kappa shape index (κ1) is 14.5. The van der Waals surface area contributed by atoms with Gasteiger partial charge in [-0.2, -0.15) is 0 Å². The predicted octanol–water partition coefficient (Wildman–Crippen LogP) is 3.68. The lowest BCUT2D eigenvalue weighted by Crippen LogP contribution is -2.04. The van der Waals surface area contributed by atoms with Crippen molar-refractivity contribution in [3.8, 4) is 11.5 Å². The first-order chi connectivity index (χ1) is 9.51. The van der Waals surface area contributed by atoms with Gasteiger partial charge in [0.05, 0.1) is 19.3 Å². The highest BCUT2D eigenvalue weighted by atomic mass is 35.5. The summed E-state index contributed by atoms with van der Waals surface area (Å²) in [4.78, 5) is 4.30. The Morgan fingerprint density at radius 2 is 2.05 bits per heavy atom. The van der Waals surface area contributed by atoms with Crippen LogP contribution in [-0.4, -0.2) is 17.2 Å². The van der Waals surface area contributed by atoms with E-state index < -0.39 is 0 Å². The molecule has 1 aromatic carbocycles. The Hall–Kier alpha value is -1.94. The van der Waals surface area contributed by atoms with Crippen molar-refractivity contribution in [3.63, 3.8) is 0 Å². The second-order valence-corrected chi connectivity index (χ2v) is 4.98. The maximum Gasteiger partial charge on any atom is 0.143 e. The van der Waals surface area contributed by atoms with Crippen molar-refractivity contribution in [1.82, 2.24) is 4.98 Å². The number of methoxy groups -OCH3 is 1. The maximum atomic E-state index is 9.78. The summed E-state index contributed by atoms with van der Waals surface area (Å²) < 4.78 is 5.29. The largest absolute Gasteiger partial charge is 0.506 e. The Morgan fingerprint density at radius 1 is 1.30 bits per heavy atom. The van der Waals surface area contributed by atoms with Crippen molar-refractivity contribution in [2.24, 2.45) is 0 Å². The fourth-order valence-corrected chi connectivity index (χ4v) is 2.04. The number of halogens is 1. The number of aryl methyl sites for hydroxylation is 2. The molecule has 0 amide bonds. The van der Waals surface area contributed by atoms with Gasteiger partial charge in [0.15, 0.2) is 0 Å². The normalized spacial score (nSPS) is 10.4. The minimum atomic E-state index is 0.174. The van der Waals surface area contributed by atoms with Crippen LogP contribution in [0.15, 0.2) is 24.3 Å². The lowest BCUT2D eigenvalue weighted by Gasteiger charge is -2.13. The van der Waals surface area contributed by atoms with Gasteiger partial charge in [0.25, 0.3) is 0 Å². The SMILES string of the molecule is COc1cc(Cl)c(C)cc1NCc1nc(C)ccc1O. The molecule has 0 atom stereocenters. The summed E-state index contributed by atoms with van der Waals surface area (Å²) in [5, 5.41) is 13.7. The van der Waals surface area contributed by atoms with E-state index in [1.165, 1.54) is 0 Å². The second kappa shape index (κ2) is 6.01. The molecule has 106 valence electrons. The first-order valence-electron chi connectivity index (χ1n) is 6.24. The molecule has 2 aromatic rings. The van der Waals surface area contributed by atoms with E-state index in [2.05, 4.69) is 10.3 Å². The number of pyridine rings is 1. The van der Waals surface area contributed by atoms with Crippen molar-refractivity contribution >= 4 is 17.3 Å². The Labute approximate surface area is 123 Å². The minimum absolute atomic E-state index is 0.174. The van der Waals surface area contributed by atoms with Crippen molar-refractivity contribution in [3.05, 3.63) is 46.2 Å². The number of aromatic nitrogens is 1. The molecule has 0 fully saturated rings. The average molecular weight is 293 g/mol. The molecule has 1 aromatic heterocycles. The molecule has 0 spiro atoms. The standard InChI is InChI=1S/C15H17ClN2O2/c1-9-6-12(15(20-3)7-11(9)16)17-8-13-14(19)5-4-10(2)18-13/h4-7,17,19H,8H2,1-3H3. The van der Waals surface area contributed by atoms with Gasteiger partial charge in [-0.15, -0.1) is 0 Å². The summed E-state index contributed by atoms with van der Waals surface area (Å²) in [6, 6.07) is 7.09. The zero-order valence-corrected chi connectivity index (χ0v) is 12.5. The van der Waals surface area contributed by atoms with Gasteiger partial charge in [0.1, 0.15) is 17.2 Å². The fourth-order valence-electron chi connectivity index (χ4n) is 1.88. The van der Waals surface area contributed by atoms with Crippen LogP contribution in [0.2, 0.25) is 5.02 Å². The van der Waals surface area contributed by atoms with Crippen molar-refractivity contribution < 1.29 is 9.84 Å². The van der Waals surface area contributed by atoms with Crippen LogP contribution in [0.25, 0.3) is 0 Å². The Bertz CT molecular complexity index is 630. The van der Waals surface area contributed by atoms with Crippen molar-refractivity contribution in [2.75, 3.05) is 12.4 Å². The van der Waals surface area contributed by atoms with Crippen LogP contribution in [0.4, 0.5) is 5.69 Å². The lowest BCUT2D eigenvalue weighted by molar-refractivity contribution is 0.416. The molecular weight excluding hydrogens is 276 g/mol. The van der Waals surface area contributed by atoms with E-state index in [1.807, 2.05) is 19.9 Å². The highest BCUT2D eigenvalue weighted by Gasteiger charge is 2.09. The minimum Gasteiger partial charge on any atom is -0.506 e. The number of ether oxygens (including phenoxy) is 1. The van der Waals surface area contributed by atoms with Gasteiger partial charge >= 0.3 is 0 Å². The highest BCUT2D eigenvalue weighted by molar-refractivity contribution is 6.31. The highest BCUT2D eigenvalue weighted by Crippen LogP contribution is 2.31. The van der Waals surface area contributed by atoms with Crippen LogP contribution in [0, 0.1) is 13.8 Å². The van der Waals surface area contributed by atoms with E-state index >= 15 is 0 Å². The molecule has 2 N–H and O–H groups in total.